The van der Waals surface area contributed by atoms with Crippen LogP contribution >= 0.6 is 0 Å². The average molecular weight is 167 g/mol. The Balaban J connectivity index is 1.73. The van der Waals surface area contributed by atoms with Gasteiger partial charge in [0.05, 0.1) is 0 Å². The zero-order valence-electron chi connectivity index (χ0n) is 8.34. The molecular formula is C11H21N. The van der Waals surface area contributed by atoms with Gasteiger partial charge in [-0.15, -0.1) is 0 Å². The molecule has 2 saturated carbocycles. The van der Waals surface area contributed by atoms with Gasteiger partial charge in [-0.1, -0.05) is 13.8 Å². The minimum Gasteiger partial charge on any atom is -0.314 e. The molecule has 0 heterocycles. The molecule has 2 fully saturated rings. The van der Waals surface area contributed by atoms with Gasteiger partial charge in [-0.2, -0.15) is 0 Å². The van der Waals surface area contributed by atoms with Crippen molar-refractivity contribution in [1.29, 1.82) is 0 Å². The Labute approximate surface area is 75.9 Å². The van der Waals surface area contributed by atoms with Gasteiger partial charge in [-0.05, 0) is 50.0 Å². The quantitative estimate of drug-likeness (QED) is 0.663. The maximum Gasteiger partial charge on any atom is 0.00104 e. The van der Waals surface area contributed by atoms with E-state index >= 15 is 0 Å². The Hall–Kier alpha value is -0.0400. The van der Waals surface area contributed by atoms with E-state index in [1.165, 1.54) is 32.2 Å². The number of hydrogen-bond acceptors (Lipinski definition) is 1. The predicted molar refractivity (Wildman–Crippen MR) is 52.1 cm³/mol. The number of rotatable bonds is 5. The molecule has 2 aliphatic rings. The van der Waals surface area contributed by atoms with Crippen LogP contribution in [0.25, 0.3) is 0 Å². The first-order valence-corrected chi connectivity index (χ1v) is 5.50. The van der Waals surface area contributed by atoms with Gasteiger partial charge in [0.1, 0.15) is 0 Å². The molecule has 0 aliphatic heterocycles. The molecule has 0 radical (unpaired) electrons. The fraction of sp³-hybridized carbons (Fsp3) is 1.00. The molecule has 70 valence electrons. The summed E-state index contributed by atoms with van der Waals surface area (Å²) in [5.41, 5.74) is 0. The van der Waals surface area contributed by atoms with Gasteiger partial charge in [0, 0.05) is 6.04 Å². The summed E-state index contributed by atoms with van der Waals surface area (Å²) in [5.74, 6) is 3.24. The molecule has 0 aromatic carbocycles. The molecule has 0 spiro atoms. The lowest BCUT2D eigenvalue weighted by atomic mass is 9.98. The van der Waals surface area contributed by atoms with Crippen LogP contribution in [0.1, 0.15) is 39.5 Å². The highest BCUT2D eigenvalue weighted by Crippen LogP contribution is 2.48. The fourth-order valence-electron chi connectivity index (χ4n) is 2.14. The summed E-state index contributed by atoms with van der Waals surface area (Å²) in [7, 11) is 0. The zero-order valence-corrected chi connectivity index (χ0v) is 8.34. The Kier molecular flexibility index (Phi) is 2.40. The van der Waals surface area contributed by atoms with E-state index in [4.69, 9.17) is 0 Å². The molecule has 0 saturated heterocycles. The maximum absolute atomic E-state index is 3.59. The topological polar surface area (TPSA) is 12.0 Å². The minimum atomic E-state index is 0.671. The van der Waals surface area contributed by atoms with Crippen LogP contribution in [0, 0.1) is 17.8 Å². The molecule has 1 N–H and O–H groups in total. The first-order valence-electron chi connectivity index (χ1n) is 5.50. The van der Waals surface area contributed by atoms with Crippen molar-refractivity contribution in [2.24, 2.45) is 17.8 Å². The molecular weight excluding hydrogens is 146 g/mol. The van der Waals surface area contributed by atoms with E-state index < -0.39 is 0 Å². The van der Waals surface area contributed by atoms with Crippen molar-refractivity contribution in [2.75, 3.05) is 6.54 Å². The SMILES string of the molecule is CC(C)NCC(C1CC1)C1CC1. The van der Waals surface area contributed by atoms with Crippen LogP contribution in [0.4, 0.5) is 0 Å². The number of hydrogen-bond donors (Lipinski definition) is 1. The molecule has 0 bridgehead atoms. The molecule has 12 heavy (non-hydrogen) atoms. The molecule has 0 atom stereocenters. The van der Waals surface area contributed by atoms with Gasteiger partial charge in [-0.3, -0.25) is 0 Å². The Morgan fingerprint density at radius 1 is 1.08 bits per heavy atom. The highest BCUT2D eigenvalue weighted by atomic mass is 14.9. The predicted octanol–water partition coefficient (Wildman–Crippen LogP) is 2.42. The lowest BCUT2D eigenvalue weighted by Crippen LogP contribution is -2.30. The smallest absolute Gasteiger partial charge is 0.00104 e. The second-order valence-electron chi connectivity index (χ2n) is 4.90. The second-order valence-corrected chi connectivity index (χ2v) is 4.90. The van der Waals surface area contributed by atoms with E-state index in [0.29, 0.717) is 6.04 Å². The average Bonchev–Trinajstić information content (AvgIpc) is 2.83. The van der Waals surface area contributed by atoms with E-state index in [2.05, 4.69) is 19.2 Å². The summed E-state index contributed by atoms with van der Waals surface area (Å²) in [6.07, 6.45) is 6.06. The van der Waals surface area contributed by atoms with Crippen LogP contribution in [0.2, 0.25) is 0 Å². The standard InChI is InChI=1S/C11H21N/c1-8(2)12-7-11(9-3-4-9)10-5-6-10/h8-12H,3-7H2,1-2H3. The minimum absolute atomic E-state index is 0.671. The van der Waals surface area contributed by atoms with Crippen LogP contribution in [0.3, 0.4) is 0 Å². The third-order valence-corrected chi connectivity index (χ3v) is 3.22. The van der Waals surface area contributed by atoms with Crippen molar-refractivity contribution in [2.45, 2.75) is 45.6 Å². The lowest BCUT2D eigenvalue weighted by Gasteiger charge is -2.17. The van der Waals surface area contributed by atoms with Crippen LogP contribution in [-0.2, 0) is 0 Å². The first kappa shape index (κ1) is 8.55. The van der Waals surface area contributed by atoms with Gasteiger partial charge in [-0.25, -0.2) is 0 Å². The van der Waals surface area contributed by atoms with Gasteiger partial charge in [0.2, 0.25) is 0 Å². The van der Waals surface area contributed by atoms with Crippen LogP contribution < -0.4 is 5.32 Å². The molecule has 0 amide bonds. The second kappa shape index (κ2) is 3.37. The van der Waals surface area contributed by atoms with Gasteiger partial charge >= 0.3 is 0 Å². The summed E-state index contributed by atoms with van der Waals surface area (Å²) in [6, 6.07) is 0.671. The molecule has 1 heteroatoms. The van der Waals surface area contributed by atoms with Crippen LogP contribution in [-0.4, -0.2) is 12.6 Å². The van der Waals surface area contributed by atoms with Crippen molar-refractivity contribution in [3.05, 3.63) is 0 Å². The molecule has 0 aromatic rings. The molecule has 2 aliphatic carbocycles. The van der Waals surface area contributed by atoms with Crippen molar-refractivity contribution < 1.29 is 0 Å². The largest absolute Gasteiger partial charge is 0.314 e. The Morgan fingerprint density at radius 3 is 1.92 bits per heavy atom. The normalized spacial score (nSPS) is 24.0. The van der Waals surface area contributed by atoms with E-state index in [0.717, 1.165) is 17.8 Å². The lowest BCUT2D eigenvalue weighted by molar-refractivity contribution is 0.365. The van der Waals surface area contributed by atoms with Gasteiger partial charge < -0.3 is 5.32 Å². The highest BCUT2D eigenvalue weighted by Gasteiger charge is 2.40. The monoisotopic (exact) mass is 167 g/mol. The number of nitrogens with one attached hydrogen (secondary N) is 1. The van der Waals surface area contributed by atoms with Crippen LogP contribution in [0.15, 0.2) is 0 Å². The Morgan fingerprint density at radius 2 is 1.58 bits per heavy atom. The molecule has 0 aromatic heterocycles. The van der Waals surface area contributed by atoms with Crippen molar-refractivity contribution in [3.63, 3.8) is 0 Å². The maximum atomic E-state index is 3.59. The summed E-state index contributed by atoms with van der Waals surface area (Å²) in [6.45, 7) is 5.78. The zero-order chi connectivity index (χ0) is 8.55. The fourth-order valence-corrected chi connectivity index (χ4v) is 2.14. The summed E-state index contributed by atoms with van der Waals surface area (Å²) in [5, 5.41) is 3.59. The van der Waals surface area contributed by atoms with E-state index in [9.17, 15) is 0 Å². The van der Waals surface area contributed by atoms with Crippen molar-refractivity contribution in [1.82, 2.24) is 5.32 Å². The summed E-state index contributed by atoms with van der Waals surface area (Å²) in [4.78, 5) is 0. The van der Waals surface area contributed by atoms with Crippen molar-refractivity contribution >= 4 is 0 Å². The van der Waals surface area contributed by atoms with Crippen molar-refractivity contribution in [3.8, 4) is 0 Å². The molecule has 2 rings (SSSR count). The van der Waals surface area contributed by atoms with Gasteiger partial charge in [0.15, 0.2) is 0 Å². The Bertz CT molecular complexity index is 133. The van der Waals surface area contributed by atoms with E-state index in [1.54, 1.807) is 0 Å². The first-order chi connectivity index (χ1) is 5.77. The highest BCUT2D eigenvalue weighted by molar-refractivity contribution is 4.92. The summed E-state index contributed by atoms with van der Waals surface area (Å²) < 4.78 is 0. The molecule has 1 nitrogen and oxygen atoms in total. The van der Waals surface area contributed by atoms with E-state index in [1.807, 2.05) is 0 Å². The van der Waals surface area contributed by atoms with Gasteiger partial charge in [0.25, 0.3) is 0 Å². The third kappa shape index (κ3) is 2.22. The summed E-state index contributed by atoms with van der Waals surface area (Å²) >= 11 is 0. The van der Waals surface area contributed by atoms with E-state index in [-0.39, 0.29) is 0 Å². The third-order valence-electron chi connectivity index (χ3n) is 3.22. The molecule has 0 unspecified atom stereocenters. The van der Waals surface area contributed by atoms with Crippen LogP contribution in [0.5, 0.6) is 0 Å².